The zero-order valence-electron chi connectivity index (χ0n) is 12.7. The van der Waals surface area contributed by atoms with Gasteiger partial charge >= 0.3 is 0 Å². The van der Waals surface area contributed by atoms with Crippen molar-refractivity contribution in [2.75, 3.05) is 32.1 Å². The van der Waals surface area contributed by atoms with E-state index >= 15 is 0 Å². The summed E-state index contributed by atoms with van der Waals surface area (Å²) < 4.78 is 0. The van der Waals surface area contributed by atoms with Crippen LogP contribution in [0.5, 0.6) is 0 Å². The highest BCUT2D eigenvalue weighted by molar-refractivity contribution is 5.54. The van der Waals surface area contributed by atoms with Gasteiger partial charge in [0.2, 0.25) is 0 Å². The van der Waals surface area contributed by atoms with Gasteiger partial charge in [0.15, 0.2) is 0 Å². The smallest absolute Gasteiger partial charge is 0.0412 e. The Kier molecular flexibility index (Phi) is 4.83. The topological polar surface area (TPSA) is 18.5 Å². The summed E-state index contributed by atoms with van der Waals surface area (Å²) in [5.74, 6) is 0. The van der Waals surface area contributed by atoms with Gasteiger partial charge in [0.1, 0.15) is 0 Å². The second kappa shape index (κ2) is 6.40. The van der Waals surface area contributed by atoms with Gasteiger partial charge in [0.05, 0.1) is 0 Å². The molecule has 1 aliphatic rings. The zero-order valence-corrected chi connectivity index (χ0v) is 12.7. The molecule has 106 valence electrons. The molecule has 0 spiro atoms. The average molecular weight is 261 g/mol. The highest BCUT2D eigenvalue weighted by atomic mass is 15.2. The molecule has 1 fully saturated rings. The lowest BCUT2D eigenvalue weighted by Crippen LogP contribution is -2.32. The molecule has 0 aliphatic carbocycles. The van der Waals surface area contributed by atoms with Crippen molar-refractivity contribution in [2.24, 2.45) is 0 Å². The van der Waals surface area contributed by atoms with Crippen LogP contribution in [0.1, 0.15) is 25.8 Å². The third-order valence-corrected chi connectivity index (χ3v) is 3.93. The molecule has 3 heteroatoms. The van der Waals surface area contributed by atoms with Crippen LogP contribution in [0.3, 0.4) is 0 Å². The molecule has 1 N–H and O–H groups in total. The maximum absolute atomic E-state index is 3.52. The molecule has 0 aromatic heterocycles. The van der Waals surface area contributed by atoms with Crippen LogP contribution in [0.4, 0.5) is 5.69 Å². The van der Waals surface area contributed by atoms with Gasteiger partial charge in [-0.15, -0.1) is 0 Å². The van der Waals surface area contributed by atoms with E-state index in [2.05, 4.69) is 67.3 Å². The Morgan fingerprint density at radius 3 is 2.68 bits per heavy atom. The molecule has 1 heterocycles. The third-order valence-electron chi connectivity index (χ3n) is 3.93. The number of nitrogens with zero attached hydrogens (tertiary/aromatic N) is 2. The lowest BCUT2D eigenvalue weighted by Gasteiger charge is -2.24. The summed E-state index contributed by atoms with van der Waals surface area (Å²) in [7, 11) is 4.36. The van der Waals surface area contributed by atoms with Gasteiger partial charge in [-0.3, -0.25) is 0 Å². The van der Waals surface area contributed by atoms with Crippen LogP contribution < -0.4 is 10.2 Å². The number of anilines is 1. The number of likely N-dealkylation sites (N-methyl/N-ethyl adjacent to an activating group) is 1. The molecular weight excluding hydrogens is 234 g/mol. The number of hydrogen-bond acceptors (Lipinski definition) is 3. The molecule has 19 heavy (non-hydrogen) atoms. The second-order valence-corrected chi connectivity index (χ2v) is 6.02. The Morgan fingerprint density at radius 2 is 2.05 bits per heavy atom. The maximum atomic E-state index is 3.52. The maximum Gasteiger partial charge on any atom is 0.0412 e. The molecular formula is C16H27N3. The fraction of sp³-hybridized carbons (Fsp3) is 0.625. The standard InChI is InChI=1S/C16H27N3/c1-13(2)17-11-14-7-5-6-8-16(14)19-10-9-15(12-19)18(3)4/h5-8,13,15,17H,9-12H2,1-4H3. The van der Waals surface area contributed by atoms with E-state index in [1.807, 2.05) is 0 Å². The lowest BCUT2D eigenvalue weighted by molar-refractivity contribution is 0.315. The molecule has 0 radical (unpaired) electrons. The van der Waals surface area contributed by atoms with Crippen molar-refractivity contribution < 1.29 is 0 Å². The van der Waals surface area contributed by atoms with Gasteiger partial charge in [-0.1, -0.05) is 32.0 Å². The number of nitrogens with one attached hydrogen (secondary N) is 1. The fourth-order valence-corrected chi connectivity index (χ4v) is 2.67. The van der Waals surface area contributed by atoms with Crippen molar-refractivity contribution >= 4 is 5.69 Å². The van der Waals surface area contributed by atoms with Crippen molar-refractivity contribution in [3.63, 3.8) is 0 Å². The van der Waals surface area contributed by atoms with Crippen LogP contribution in [0.15, 0.2) is 24.3 Å². The van der Waals surface area contributed by atoms with E-state index in [1.165, 1.54) is 24.2 Å². The minimum absolute atomic E-state index is 0.529. The van der Waals surface area contributed by atoms with Crippen molar-refractivity contribution in [1.29, 1.82) is 0 Å². The number of rotatable bonds is 5. The van der Waals surface area contributed by atoms with Gasteiger partial charge < -0.3 is 15.1 Å². The Bertz CT molecular complexity index is 401. The van der Waals surface area contributed by atoms with Crippen LogP contribution >= 0.6 is 0 Å². The molecule has 1 aliphatic heterocycles. The largest absolute Gasteiger partial charge is 0.370 e. The highest BCUT2D eigenvalue weighted by Gasteiger charge is 2.25. The quantitative estimate of drug-likeness (QED) is 0.877. The summed E-state index contributed by atoms with van der Waals surface area (Å²) in [6.07, 6.45) is 1.26. The molecule has 1 unspecified atom stereocenters. The predicted octanol–water partition coefficient (Wildman–Crippen LogP) is 2.32. The summed E-state index contributed by atoms with van der Waals surface area (Å²) in [5.41, 5.74) is 2.82. The van der Waals surface area contributed by atoms with Gasteiger partial charge in [-0.05, 0) is 32.1 Å². The summed E-state index contributed by atoms with van der Waals surface area (Å²) in [6.45, 7) is 7.66. The summed E-state index contributed by atoms with van der Waals surface area (Å²) >= 11 is 0. The number of para-hydroxylation sites is 1. The highest BCUT2D eigenvalue weighted by Crippen LogP contribution is 2.25. The SMILES string of the molecule is CC(C)NCc1ccccc1N1CCC(N(C)C)C1. The van der Waals surface area contributed by atoms with E-state index in [4.69, 9.17) is 0 Å². The van der Waals surface area contributed by atoms with E-state index in [0.29, 0.717) is 12.1 Å². The van der Waals surface area contributed by atoms with E-state index in [1.54, 1.807) is 0 Å². The van der Waals surface area contributed by atoms with Crippen LogP contribution in [-0.2, 0) is 6.54 Å². The van der Waals surface area contributed by atoms with Crippen molar-refractivity contribution in [3.05, 3.63) is 29.8 Å². The van der Waals surface area contributed by atoms with Gasteiger partial charge in [0, 0.05) is 37.4 Å². The van der Waals surface area contributed by atoms with Crippen molar-refractivity contribution in [3.8, 4) is 0 Å². The molecule has 0 saturated carbocycles. The first-order valence-electron chi connectivity index (χ1n) is 7.30. The van der Waals surface area contributed by atoms with Crippen molar-refractivity contribution in [1.82, 2.24) is 10.2 Å². The minimum Gasteiger partial charge on any atom is -0.370 e. The number of benzene rings is 1. The van der Waals surface area contributed by atoms with Crippen LogP contribution in [0, 0.1) is 0 Å². The van der Waals surface area contributed by atoms with Crippen LogP contribution in [0.2, 0.25) is 0 Å². The Morgan fingerprint density at radius 1 is 1.32 bits per heavy atom. The van der Waals surface area contributed by atoms with Gasteiger partial charge in [-0.2, -0.15) is 0 Å². The number of hydrogen-bond donors (Lipinski definition) is 1. The first-order valence-corrected chi connectivity index (χ1v) is 7.30. The molecule has 3 nitrogen and oxygen atoms in total. The molecule has 1 saturated heterocycles. The van der Waals surface area contributed by atoms with E-state index in [0.717, 1.165) is 13.1 Å². The molecule has 1 aromatic carbocycles. The monoisotopic (exact) mass is 261 g/mol. The Hall–Kier alpha value is -1.06. The molecule has 0 amide bonds. The van der Waals surface area contributed by atoms with Crippen LogP contribution in [0.25, 0.3) is 0 Å². The molecule has 0 bridgehead atoms. The summed E-state index contributed by atoms with van der Waals surface area (Å²) in [4.78, 5) is 4.87. The van der Waals surface area contributed by atoms with E-state index in [9.17, 15) is 0 Å². The Labute approximate surface area is 117 Å². The minimum atomic E-state index is 0.529. The zero-order chi connectivity index (χ0) is 13.8. The van der Waals surface area contributed by atoms with E-state index in [-0.39, 0.29) is 0 Å². The predicted molar refractivity (Wildman–Crippen MR) is 82.7 cm³/mol. The third kappa shape index (κ3) is 3.71. The normalized spacial score (nSPS) is 19.7. The van der Waals surface area contributed by atoms with Crippen LogP contribution in [-0.4, -0.2) is 44.2 Å². The molecule has 1 aromatic rings. The van der Waals surface area contributed by atoms with Gasteiger partial charge in [0.25, 0.3) is 0 Å². The summed E-state index contributed by atoms with van der Waals surface area (Å²) in [5, 5.41) is 3.52. The summed E-state index contributed by atoms with van der Waals surface area (Å²) in [6, 6.07) is 10.0. The first kappa shape index (κ1) is 14.4. The first-order chi connectivity index (χ1) is 9.08. The second-order valence-electron chi connectivity index (χ2n) is 6.02. The van der Waals surface area contributed by atoms with E-state index < -0.39 is 0 Å². The average Bonchev–Trinajstić information content (AvgIpc) is 2.86. The van der Waals surface area contributed by atoms with Gasteiger partial charge in [-0.25, -0.2) is 0 Å². The molecule has 1 atom stereocenters. The Balaban J connectivity index is 2.07. The molecule has 2 rings (SSSR count). The van der Waals surface area contributed by atoms with Crippen molar-refractivity contribution in [2.45, 2.75) is 38.9 Å². The lowest BCUT2D eigenvalue weighted by atomic mass is 10.1. The fourth-order valence-electron chi connectivity index (χ4n) is 2.67.